The molecule has 0 aliphatic carbocycles. The lowest BCUT2D eigenvalue weighted by Gasteiger charge is -2.16. The van der Waals surface area contributed by atoms with Gasteiger partial charge in [0.15, 0.2) is 0 Å². The SMILES string of the molecule is C=CCOC(=O)c1cc(C)cc(N2C(=O)c3ccccc3C2=O)c1. The number of benzene rings is 2. The topological polar surface area (TPSA) is 63.7 Å². The molecule has 0 saturated carbocycles. The minimum atomic E-state index is -0.531. The van der Waals surface area contributed by atoms with Gasteiger partial charge >= 0.3 is 5.97 Å². The molecular formula is C19H15NO4. The van der Waals surface area contributed by atoms with E-state index < -0.39 is 17.8 Å². The Morgan fingerprint density at radius 2 is 1.75 bits per heavy atom. The Morgan fingerprint density at radius 3 is 2.33 bits per heavy atom. The predicted molar refractivity (Wildman–Crippen MR) is 89.2 cm³/mol. The molecule has 24 heavy (non-hydrogen) atoms. The van der Waals surface area contributed by atoms with Crippen molar-refractivity contribution in [3.63, 3.8) is 0 Å². The molecule has 2 amide bonds. The fourth-order valence-electron chi connectivity index (χ4n) is 2.65. The van der Waals surface area contributed by atoms with Crippen LogP contribution in [-0.4, -0.2) is 24.4 Å². The number of hydrogen-bond acceptors (Lipinski definition) is 4. The Morgan fingerprint density at radius 1 is 1.12 bits per heavy atom. The number of imide groups is 1. The lowest BCUT2D eigenvalue weighted by atomic mass is 10.1. The van der Waals surface area contributed by atoms with Crippen LogP contribution in [0.4, 0.5) is 5.69 Å². The Labute approximate surface area is 139 Å². The number of ether oxygens (including phenoxy) is 1. The van der Waals surface area contributed by atoms with Crippen molar-refractivity contribution in [3.8, 4) is 0 Å². The quantitative estimate of drug-likeness (QED) is 0.493. The van der Waals surface area contributed by atoms with Gasteiger partial charge in [-0.2, -0.15) is 0 Å². The molecule has 2 aromatic rings. The second-order valence-corrected chi connectivity index (χ2v) is 5.44. The maximum absolute atomic E-state index is 12.5. The van der Waals surface area contributed by atoms with Gasteiger partial charge in [-0.15, -0.1) is 0 Å². The van der Waals surface area contributed by atoms with Crippen LogP contribution in [0.3, 0.4) is 0 Å². The van der Waals surface area contributed by atoms with Crippen molar-refractivity contribution in [2.24, 2.45) is 0 Å². The Hall–Kier alpha value is -3.21. The highest BCUT2D eigenvalue weighted by Crippen LogP contribution is 2.29. The fourth-order valence-corrected chi connectivity index (χ4v) is 2.65. The van der Waals surface area contributed by atoms with Gasteiger partial charge in [-0.1, -0.05) is 24.8 Å². The average Bonchev–Trinajstić information content (AvgIpc) is 2.83. The lowest BCUT2D eigenvalue weighted by molar-refractivity contribution is 0.0549. The average molecular weight is 321 g/mol. The monoisotopic (exact) mass is 321 g/mol. The summed E-state index contributed by atoms with van der Waals surface area (Å²) < 4.78 is 5.02. The molecule has 0 saturated heterocycles. The molecule has 0 aromatic heterocycles. The minimum Gasteiger partial charge on any atom is -0.458 e. The van der Waals surface area contributed by atoms with Crippen LogP contribution < -0.4 is 4.90 Å². The summed E-state index contributed by atoms with van der Waals surface area (Å²) in [5, 5.41) is 0. The van der Waals surface area contributed by atoms with E-state index in [2.05, 4.69) is 6.58 Å². The molecule has 0 N–H and O–H groups in total. The first kappa shape index (κ1) is 15.7. The third kappa shape index (κ3) is 2.60. The highest BCUT2D eigenvalue weighted by atomic mass is 16.5. The van der Waals surface area contributed by atoms with E-state index in [1.165, 1.54) is 12.1 Å². The highest BCUT2D eigenvalue weighted by Gasteiger charge is 2.36. The third-order valence-corrected chi connectivity index (χ3v) is 3.68. The molecule has 1 aliphatic heterocycles. The maximum Gasteiger partial charge on any atom is 0.338 e. The van der Waals surface area contributed by atoms with Gasteiger partial charge < -0.3 is 4.74 Å². The van der Waals surface area contributed by atoms with Crippen molar-refractivity contribution < 1.29 is 19.1 Å². The van der Waals surface area contributed by atoms with Gasteiger partial charge in [0.25, 0.3) is 11.8 Å². The van der Waals surface area contributed by atoms with E-state index in [1.807, 2.05) is 0 Å². The number of rotatable bonds is 4. The lowest BCUT2D eigenvalue weighted by Crippen LogP contribution is -2.29. The molecule has 5 heteroatoms. The number of carbonyl (C=O) groups is 3. The molecule has 0 bridgehead atoms. The molecule has 0 radical (unpaired) electrons. The van der Waals surface area contributed by atoms with E-state index in [4.69, 9.17) is 4.74 Å². The smallest absolute Gasteiger partial charge is 0.338 e. The number of aryl methyl sites for hydroxylation is 1. The van der Waals surface area contributed by atoms with Gasteiger partial charge in [0.05, 0.1) is 22.4 Å². The number of fused-ring (bicyclic) bond motifs is 1. The summed E-state index contributed by atoms with van der Waals surface area (Å²) in [5.41, 5.74) is 2.10. The summed E-state index contributed by atoms with van der Waals surface area (Å²) in [5.74, 6) is -1.32. The zero-order valence-corrected chi connectivity index (χ0v) is 13.1. The van der Waals surface area contributed by atoms with E-state index in [0.29, 0.717) is 16.8 Å². The van der Waals surface area contributed by atoms with E-state index in [1.54, 1.807) is 43.3 Å². The number of amides is 2. The van der Waals surface area contributed by atoms with Crippen molar-refractivity contribution in [1.82, 2.24) is 0 Å². The van der Waals surface area contributed by atoms with Gasteiger partial charge in [-0.05, 0) is 42.8 Å². The molecule has 120 valence electrons. The van der Waals surface area contributed by atoms with E-state index >= 15 is 0 Å². The zero-order chi connectivity index (χ0) is 17.3. The summed E-state index contributed by atoms with van der Waals surface area (Å²) in [7, 11) is 0. The summed E-state index contributed by atoms with van der Waals surface area (Å²) in [6, 6.07) is 11.5. The van der Waals surface area contributed by atoms with Crippen LogP contribution in [0.15, 0.2) is 55.1 Å². The molecule has 0 spiro atoms. The maximum atomic E-state index is 12.5. The third-order valence-electron chi connectivity index (χ3n) is 3.68. The first-order valence-corrected chi connectivity index (χ1v) is 7.40. The Bertz CT molecular complexity index is 834. The first-order chi connectivity index (χ1) is 11.5. The van der Waals surface area contributed by atoms with Crippen molar-refractivity contribution in [3.05, 3.63) is 77.4 Å². The van der Waals surface area contributed by atoms with Crippen molar-refractivity contribution >= 4 is 23.5 Å². The van der Waals surface area contributed by atoms with Gasteiger partial charge in [0.1, 0.15) is 6.61 Å². The minimum absolute atomic E-state index is 0.0924. The van der Waals surface area contributed by atoms with Gasteiger partial charge in [-0.25, -0.2) is 9.69 Å². The van der Waals surface area contributed by atoms with Crippen LogP contribution >= 0.6 is 0 Å². The standard InChI is InChI=1S/C19H15NO4/c1-3-8-24-19(23)13-9-12(2)10-14(11-13)20-17(21)15-6-4-5-7-16(15)18(20)22/h3-7,9-11H,1,8H2,2H3. The number of anilines is 1. The molecule has 1 aliphatic rings. The Balaban J connectivity index is 2.00. The summed E-state index contributed by atoms with van der Waals surface area (Å²) in [4.78, 5) is 38.2. The molecule has 0 fully saturated rings. The van der Waals surface area contributed by atoms with Crippen LogP contribution in [0.5, 0.6) is 0 Å². The normalized spacial score (nSPS) is 13.0. The molecule has 5 nitrogen and oxygen atoms in total. The van der Waals surface area contributed by atoms with Crippen LogP contribution in [0, 0.1) is 6.92 Å². The van der Waals surface area contributed by atoms with Crippen LogP contribution in [0.1, 0.15) is 36.6 Å². The Kier molecular flexibility index (Phi) is 4.00. The highest BCUT2D eigenvalue weighted by molar-refractivity contribution is 6.34. The fraction of sp³-hybridized carbons (Fsp3) is 0.105. The zero-order valence-electron chi connectivity index (χ0n) is 13.1. The van der Waals surface area contributed by atoms with Gasteiger partial charge in [0.2, 0.25) is 0 Å². The second-order valence-electron chi connectivity index (χ2n) is 5.44. The summed E-state index contributed by atoms with van der Waals surface area (Å²) in [6.45, 7) is 5.37. The van der Waals surface area contributed by atoms with Crippen LogP contribution in [-0.2, 0) is 4.74 Å². The first-order valence-electron chi connectivity index (χ1n) is 7.40. The summed E-state index contributed by atoms with van der Waals surface area (Å²) in [6.07, 6.45) is 1.47. The van der Waals surface area contributed by atoms with E-state index in [-0.39, 0.29) is 12.2 Å². The largest absolute Gasteiger partial charge is 0.458 e. The van der Waals surface area contributed by atoms with Crippen LogP contribution in [0.2, 0.25) is 0 Å². The predicted octanol–water partition coefficient (Wildman–Crippen LogP) is 3.14. The van der Waals surface area contributed by atoms with Gasteiger partial charge in [0, 0.05) is 0 Å². The molecule has 0 atom stereocenters. The number of nitrogens with zero attached hydrogens (tertiary/aromatic N) is 1. The van der Waals surface area contributed by atoms with Crippen molar-refractivity contribution in [1.29, 1.82) is 0 Å². The number of esters is 1. The van der Waals surface area contributed by atoms with Crippen LogP contribution in [0.25, 0.3) is 0 Å². The van der Waals surface area contributed by atoms with Gasteiger partial charge in [-0.3, -0.25) is 9.59 Å². The number of hydrogen-bond donors (Lipinski definition) is 0. The molecule has 1 heterocycles. The summed E-state index contributed by atoms with van der Waals surface area (Å²) >= 11 is 0. The second kappa shape index (κ2) is 6.12. The molecule has 3 rings (SSSR count). The number of carbonyl (C=O) groups excluding carboxylic acids is 3. The molecular weight excluding hydrogens is 306 g/mol. The molecule has 2 aromatic carbocycles. The molecule has 0 unspecified atom stereocenters. The van der Waals surface area contributed by atoms with Crippen molar-refractivity contribution in [2.75, 3.05) is 11.5 Å². The van der Waals surface area contributed by atoms with E-state index in [0.717, 1.165) is 10.5 Å². The van der Waals surface area contributed by atoms with Crippen molar-refractivity contribution in [2.45, 2.75) is 6.92 Å². The van der Waals surface area contributed by atoms with E-state index in [9.17, 15) is 14.4 Å².